The Bertz CT molecular complexity index is 547. The predicted molar refractivity (Wildman–Crippen MR) is 104 cm³/mol. The lowest BCUT2D eigenvalue weighted by Gasteiger charge is -2.30. The van der Waals surface area contributed by atoms with Crippen molar-refractivity contribution in [2.24, 2.45) is 0 Å². The van der Waals surface area contributed by atoms with E-state index < -0.39 is 54.6 Å². The number of ether oxygens (including phenoxy) is 2. The van der Waals surface area contributed by atoms with Crippen molar-refractivity contribution in [1.29, 1.82) is 0 Å². The van der Waals surface area contributed by atoms with Crippen LogP contribution in [0, 0.1) is 0 Å². The summed E-state index contributed by atoms with van der Waals surface area (Å²) in [6.45, 7) is 5.98. The van der Waals surface area contributed by atoms with Gasteiger partial charge in [0.25, 0.3) is 0 Å². The molecular weight excluding hydrogens is 443 g/mol. The molecule has 9 N–H and O–H groups in total. The van der Waals surface area contributed by atoms with Gasteiger partial charge in [-0.1, -0.05) is 13.8 Å². The molecule has 16 heteroatoms. The lowest BCUT2D eigenvalue weighted by Crippen LogP contribution is -2.54. The minimum atomic E-state index is -2.17. The Hall–Kier alpha value is -2.34. The van der Waals surface area contributed by atoms with Crippen molar-refractivity contribution in [1.82, 2.24) is 0 Å². The molecule has 0 heterocycles. The molecule has 0 rings (SSSR count). The maximum absolute atomic E-state index is 10.8. The first-order valence-electron chi connectivity index (χ1n) is 9.18. The molecule has 0 aliphatic rings. The highest BCUT2D eigenvalue weighted by Crippen LogP contribution is 2.22. The zero-order chi connectivity index (χ0) is 26.3. The standard InChI is InChI=1S/2C8H14O6.BH3O3/c2*1-3-8(7(12)13,14-4-2)5(9)6(10)11;2-1(3)4/h2*5,9H,3-4H2,1-2H3,(H,10,11)(H,12,13);2-4H/t2*5?,8-;/m11./s1. The second kappa shape index (κ2) is 16.3. The normalized spacial score (nSPS) is 15.8. The van der Waals surface area contributed by atoms with Crippen LogP contribution in [-0.4, -0.2) is 114 Å². The highest BCUT2D eigenvalue weighted by atomic mass is 16.6. The largest absolute Gasteiger partial charge is 0.631 e. The van der Waals surface area contributed by atoms with Crippen LogP contribution in [0.2, 0.25) is 0 Å². The van der Waals surface area contributed by atoms with Gasteiger partial charge in [0, 0.05) is 13.2 Å². The lowest BCUT2D eigenvalue weighted by molar-refractivity contribution is -0.193. The predicted octanol–water partition coefficient (Wildman–Crippen LogP) is -2.65. The number of rotatable bonds is 12. The van der Waals surface area contributed by atoms with Gasteiger partial charge in [0.05, 0.1) is 0 Å². The SMILES string of the molecule is CCO[C@@](CC)(C(=O)O)C(O)C(=O)O.CCO[C@@](CC)(C(=O)O)C(O)C(=O)O.OB(O)O. The zero-order valence-corrected chi connectivity index (χ0v) is 18.0. The van der Waals surface area contributed by atoms with Gasteiger partial charge in [-0.25, -0.2) is 19.2 Å². The molecule has 0 spiro atoms. The molecular formula is C16H31BO15. The molecule has 0 aliphatic carbocycles. The molecule has 0 aromatic carbocycles. The van der Waals surface area contributed by atoms with E-state index in [0.717, 1.165) is 0 Å². The average Bonchev–Trinajstić information content (AvgIpc) is 2.68. The highest BCUT2D eigenvalue weighted by Gasteiger charge is 2.49. The minimum absolute atomic E-state index is 0.0183. The molecule has 2 unspecified atom stereocenters. The quantitative estimate of drug-likeness (QED) is 0.131. The maximum atomic E-state index is 10.8. The Morgan fingerprint density at radius 3 is 1.00 bits per heavy atom. The van der Waals surface area contributed by atoms with Gasteiger partial charge in [-0.15, -0.1) is 0 Å². The van der Waals surface area contributed by atoms with E-state index in [1.165, 1.54) is 27.7 Å². The van der Waals surface area contributed by atoms with E-state index >= 15 is 0 Å². The van der Waals surface area contributed by atoms with Crippen molar-refractivity contribution in [3.63, 3.8) is 0 Å². The van der Waals surface area contributed by atoms with Gasteiger partial charge in [0.1, 0.15) is 0 Å². The van der Waals surface area contributed by atoms with Crippen molar-refractivity contribution in [3.8, 4) is 0 Å². The summed E-state index contributed by atoms with van der Waals surface area (Å²) in [6, 6.07) is 0. The summed E-state index contributed by atoms with van der Waals surface area (Å²) in [5, 5.41) is 74.7. The number of aliphatic hydroxyl groups is 2. The third kappa shape index (κ3) is 10.3. The fourth-order valence-electron chi connectivity index (χ4n) is 2.32. The van der Waals surface area contributed by atoms with Crippen molar-refractivity contribution in [3.05, 3.63) is 0 Å². The van der Waals surface area contributed by atoms with Crippen LogP contribution in [0.4, 0.5) is 0 Å². The van der Waals surface area contributed by atoms with Crippen LogP contribution in [0.3, 0.4) is 0 Å². The molecule has 0 aliphatic heterocycles. The van der Waals surface area contributed by atoms with E-state index in [2.05, 4.69) is 0 Å². The van der Waals surface area contributed by atoms with E-state index in [1.807, 2.05) is 0 Å². The van der Waals surface area contributed by atoms with Gasteiger partial charge in [-0.2, -0.15) is 0 Å². The van der Waals surface area contributed by atoms with E-state index in [4.69, 9.17) is 45.0 Å². The summed E-state index contributed by atoms with van der Waals surface area (Å²) in [5.74, 6) is -6.17. The molecule has 15 nitrogen and oxygen atoms in total. The molecule has 188 valence electrons. The first-order chi connectivity index (χ1) is 14.6. The Morgan fingerprint density at radius 1 is 0.688 bits per heavy atom. The number of carbonyl (C=O) groups is 4. The van der Waals surface area contributed by atoms with Gasteiger partial charge >= 0.3 is 31.2 Å². The third-order valence-corrected chi connectivity index (χ3v) is 3.93. The van der Waals surface area contributed by atoms with Crippen molar-refractivity contribution < 1.29 is 74.4 Å². The van der Waals surface area contributed by atoms with Crippen LogP contribution < -0.4 is 0 Å². The number of hydrogen-bond donors (Lipinski definition) is 9. The molecule has 4 atom stereocenters. The monoisotopic (exact) mass is 474 g/mol. The van der Waals surface area contributed by atoms with Crippen molar-refractivity contribution in [2.75, 3.05) is 13.2 Å². The first kappa shape index (κ1) is 34.3. The Balaban J connectivity index is -0.000000450. The number of carboxylic acid groups (broad SMARTS) is 4. The van der Waals surface area contributed by atoms with Gasteiger partial charge in [0.15, 0.2) is 12.2 Å². The van der Waals surface area contributed by atoms with E-state index in [-0.39, 0.29) is 26.1 Å². The fraction of sp³-hybridized carbons (Fsp3) is 0.750. The smallest absolute Gasteiger partial charge is 0.479 e. The number of aliphatic carboxylic acids is 4. The second-order valence-electron chi connectivity index (χ2n) is 5.79. The molecule has 0 saturated carbocycles. The lowest BCUT2D eigenvalue weighted by atomic mass is 9.93. The Labute approximate surface area is 183 Å². The van der Waals surface area contributed by atoms with E-state index in [1.54, 1.807) is 0 Å². The van der Waals surface area contributed by atoms with Crippen molar-refractivity contribution in [2.45, 2.75) is 63.9 Å². The number of aliphatic hydroxyl groups excluding tert-OH is 2. The maximum Gasteiger partial charge on any atom is 0.631 e. The second-order valence-corrected chi connectivity index (χ2v) is 5.79. The van der Waals surface area contributed by atoms with Crippen LogP contribution in [0.25, 0.3) is 0 Å². The van der Waals surface area contributed by atoms with Crippen LogP contribution >= 0.6 is 0 Å². The van der Waals surface area contributed by atoms with Crippen LogP contribution in [0.5, 0.6) is 0 Å². The Morgan fingerprint density at radius 2 is 0.906 bits per heavy atom. The summed E-state index contributed by atoms with van der Waals surface area (Å²) in [7, 11) is -2.17. The van der Waals surface area contributed by atoms with E-state index in [9.17, 15) is 29.4 Å². The molecule has 0 radical (unpaired) electrons. The van der Waals surface area contributed by atoms with Crippen molar-refractivity contribution >= 4 is 31.2 Å². The molecule has 0 bridgehead atoms. The molecule has 0 saturated heterocycles. The topological polar surface area (TPSA) is 269 Å². The summed E-state index contributed by atoms with van der Waals surface area (Å²) in [4.78, 5) is 42.7. The highest BCUT2D eigenvalue weighted by molar-refractivity contribution is 6.30. The summed E-state index contributed by atoms with van der Waals surface area (Å²) < 4.78 is 9.67. The van der Waals surface area contributed by atoms with Gasteiger partial charge in [-0.3, -0.25) is 0 Å². The van der Waals surface area contributed by atoms with Gasteiger partial charge in [-0.05, 0) is 26.7 Å². The molecule has 0 aromatic heterocycles. The zero-order valence-electron chi connectivity index (χ0n) is 18.0. The van der Waals surface area contributed by atoms with Gasteiger partial charge < -0.3 is 55.2 Å². The minimum Gasteiger partial charge on any atom is -0.479 e. The van der Waals surface area contributed by atoms with E-state index in [0.29, 0.717) is 0 Å². The first-order valence-corrected chi connectivity index (χ1v) is 9.18. The molecule has 0 fully saturated rings. The van der Waals surface area contributed by atoms with Crippen LogP contribution in [0.1, 0.15) is 40.5 Å². The third-order valence-electron chi connectivity index (χ3n) is 3.93. The summed E-state index contributed by atoms with van der Waals surface area (Å²) >= 11 is 0. The van der Waals surface area contributed by atoms with Crippen LogP contribution in [-0.2, 0) is 28.7 Å². The van der Waals surface area contributed by atoms with Crippen LogP contribution in [0.15, 0.2) is 0 Å². The number of hydrogen-bond acceptors (Lipinski definition) is 11. The average molecular weight is 474 g/mol. The number of carboxylic acids is 4. The summed E-state index contributed by atoms with van der Waals surface area (Å²) in [6.07, 6.45) is -4.37. The summed E-state index contributed by atoms with van der Waals surface area (Å²) in [5.41, 5.74) is -4.11. The molecule has 0 aromatic rings. The fourth-order valence-corrected chi connectivity index (χ4v) is 2.32. The molecule has 32 heavy (non-hydrogen) atoms. The van der Waals surface area contributed by atoms with Gasteiger partial charge in [0.2, 0.25) is 11.2 Å². The Kier molecular flexibility index (Phi) is 17.5. The molecule has 0 amide bonds.